The third-order valence-corrected chi connectivity index (χ3v) is 4.77. The van der Waals surface area contributed by atoms with Crippen LogP contribution >= 0.6 is 0 Å². The Morgan fingerprint density at radius 3 is 2.95 bits per heavy atom. The van der Waals surface area contributed by atoms with Gasteiger partial charge in [0.15, 0.2) is 0 Å². The molecule has 116 valence electrons. The van der Waals surface area contributed by atoms with Gasteiger partial charge in [-0.2, -0.15) is 0 Å². The van der Waals surface area contributed by atoms with E-state index in [2.05, 4.69) is 41.0 Å². The molecule has 2 aliphatic rings. The van der Waals surface area contributed by atoms with Crippen LogP contribution in [0.3, 0.4) is 0 Å². The van der Waals surface area contributed by atoms with Crippen molar-refractivity contribution in [3.8, 4) is 0 Å². The summed E-state index contributed by atoms with van der Waals surface area (Å²) in [6.07, 6.45) is 1.39. The van der Waals surface area contributed by atoms with E-state index in [9.17, 15) is 0 Å². The zero-order valence-electron chi connectivity index (χ0n) is 13.0. The number of para-hydroxylation sites is 1. The third kappa shape index (κ3) is 3.23. The molecule has 2 N–H and O–H groups in total. The molecule has 2 aliphatic heterocycles. The normalized spacial score (nSPS) is 26.1. The van der Waals surface area contributed by atoms with Gasteiger partial charge >= 0.3 is 0 Å². The molecular formula is C17H27N3O. The lowest BCUT2D eigenvalue weighted by Crippen LogP contribution is -2.47. The van der Waals surface area contributed by atoms with Crippen LogP contribution in [0.1, 0.15) is 24.8 Å². The van der Waals surface area contributed by atoms with E-state index < -0.39 is 0 Å². The zero-order chi connectivity index (χ0) is 14.7. The van der Waals surface area contributed by atoms with Gasteiger partial charge in [-0.1, -0.05) is 25.1 Å². The first-order valence-electron chi connectivity index (χ1n) is 8.19. The topological polar surface area (TPSA) is 41.7 Å². The molecule has 0 bridgehead atoms. The van der Waals surface area contributed by atoms with Crippen LogP contribution in [0.15, 0.2) is 24.3 Å². The van der Waals surface area contributed by atoms with Crippen LogP contribution < -0.4 is 10.6 Å². The molecule has 3 rings (SSSR count). The van der Waals surface area contributed by atoms with Gasteiger partial charge in [-0.05, 0) is 31.1 Å². The van der Waals surface area contributed by atoms with Gasteiger partial charge in [-0.25, -0.2) is 0 Å². The SMILES string of the molecule is CCN1CCOC(CN2CC(CCN)c3ccccc32)C1. The molecule has 1 fully saturated rings. The van der Waals surface area contributed by atoms with Gasteiger partial charge in [0.2, 0.25) is 0 Å². The number of likely N-dealkylation sites (N-methyl/N-ethyl adjacent to an activating group) is 1. The number of anilines is 1. The second-order valence-corrected chi connectivity index (χ2v) is 6.12. The van der Waals surface area contributed by atoms with Crippen LogP contribution in [-0.4, -0.2) is 56.9 Å². The van der Waals surface area contributed by atoms with Crippen molar-refractivity contribution in [1.29, 1.82) is 0 Å². The molecule has 1 aromatic rings. The Balaban J connectivity index is 1.69. The molecule has 1 aromatic carbocycles. The molecule has 0 amide bonds. The van der Waals surface area contributed by atoms with Gasteiger partial charge < -0.3 is 15.4 Å². The Morgan fingerprint density at radius 2 is 2.14 bits per heavy atom. The maximum Gasteiger partial charge on any atom is 0.0877 e. The lowest BCUT2D eigenvalue weighted by atomic mass is 9.98. The second-order valence-electron chi connectivity index (χ2n) is 6.12. The number of hydrogen-bond donors (Lipinski definition) is 1. The number of rotatable bonds is 5. The maximum absolute atomic E-state index is 5.97. The van der Waals surface area contributed by atoms with Crippen LogP contribution in [0.25, 0.3) is 0 Å². The van der Waals surface area contributed by atoms with Crippen molar-refractivity contribution in [2.45, 2.75) is 25.4 Å². The first-order chi connectivity index (χ1) is 10.3. The van der Waals surface area contributed by atoms with E-state index in [1.54, 1.807) is 0 Å². The number of nitrogens with two attached hydrogens (primary N) is 1. The van der Waals surface area contributed by atoms with E-state index in [1.807, 2.05) is 0 Å². The standard InChI is InChI=1S/C17H27N3O/c1-2-19-9-10-21-15(12-19)13-20-11-14(7-8-18)16-5-3-4-6-17(16)20/h3-6,14-15H,2,7-13,18H2,1H3. The summed E-state index contributed by atoms with van der Waals surface area (Å²) in [4.78, 5) is 4.98. The molecule has 0 radical (unpaired) electrons. The molecule has 2 heterocycles. The van der Waals surface area contributed by atoms with E-state index in [-0.39, 0.29) is 0 Å². The van der Waals surface area contributed by atoms with Crippen molar-refractivity contribution >= 4 is 5.69 Å². The fourth-order valence-corrected chi connectivity index (χ4v) is 3.63. The Bertz CT molecular complexity index is 465. The minimum Gasteiger partial charge on any atom is -0.374 e. The highest BCUT2D eigenvalue weighted by molar-refractivity contribution is 5.60. The lowest BCUT2D eigenvalue weighted by Gasteiger charge is -2.35. The average Bonchev–Trinajstić information content (AvgIpc) is 2.86. The highest BCUT2D eigenvalue weighted by Gasteiger charge is 2.30. The van der Waals surface area contributed by atoms with Gasteiger partial charge in [0.05, 0.1) is 12.7 Å². The fourth-order valence-electron chi connectivity index (χ4n) is 3.63. The van der Waals surface area contributed by atoms with Crippen LogP contribution in [0.4, 0.5) is 5.69 Å². The molecule has 4 heteroatoms. The summed E-state index contributed by atoms with van der Waals surface area (Å²) in [5, 5.41) is 0. The smallest absolute Gasteiger partial charge is 0.0877 e. The molecule has 0 spiro atoms. The van der Waals surface area contributed by atoms with Crippen molar-refractivity contribution in [2.24, 2.45) is 5.73 Å². The van der Waals surface area contributed by atoms with Crippen LogP contribution in [0, 0.1) is 0 Å². The quantitative estimate of drug-likeness (QED) is 0.895. The monoisotopic (exact) mass is 289 g/mol. The van der Waals surface area contributed by atoms with E-state index in [1.165, 1.54) is 11.3 Å². The number of nitrogens with zero attached hydrogens (tertiary/aromatic N) is 2. The lowest BCUT2D eigenvalue weighted by molar-refractivity contribution is -0.0220. The summed E-state index contributed by atoms with van der Waals surface area (Å²) in [5.41, 5.74) is 8.63. The number of ether oxygens (including phenoxy) is 1. The molecule has 2 unspecified atom stereocenters. The molecular weight excluding hydrogens is 262 g/mol. The highest BCUT2D eigenvalue weighted by atomic mass is 16.5. The summed E-state index contributed by atoms with van der Waals surface area (Å²) >= 11 is 0. The predicted molar refractivity (Wildman–Crippen MR) is 86.9 cm³/mol. The van der Waals surface area contributed by atoms with Crippen LogP contribution in [0.5, 0.6) is 0 Å². The molecule has 2 atom stereocenters. The number of fused-ring (bicyclic) bond motifs is 1. The maximum atomic E-state index is 5.97. The molecule has 4 nitrogen and oxygen atoms in total. The Hall–Kier alpha value is -1.10. The molecule has 21 heavy (non-hydrogen) atoms. The molecule has 0 aromatic heterocycles. The molecule has 0 saturated carbocycles. The van der Waals surface area contributed by atoms with E-state index in [4.69, 9.17) is 10.5 Å². The number of hydrogen-bond acceptors (Lipinski definition) is 4. The largest absolute Gasteiger partial charge is 0.374 e. The average molecular weight is 289 g/mol. The minimum atomic E-state index is 0.323. The fraction of sp³-hybridized carbons (Fsp3) is 0.647. The van der Waals surface area contributed by atoms with Crippen molar-refractivity contribution in [3.05, 3.63) is 29.8 Å². The third-order valence-electron chi connectivity index (χ3n) is 4.77. The molecule has 1 saturated heterocycles. The van der Waals surface area contributed by atoms with E-state index in [0.29, 0.717) is 12.0 Å². The zero-order valence-corrected chi connectivity index (χ0v) is 13.0. The summed E-state index contributed by atoms with van der Waals surface area (Å²) < 4.78 is 5.97. The van der Waals surface area contributed by atoms with Crippen molar-refractivity contribution in [3.63, 3.8) is 0 Å². The number of benzene rings is 1. The summed E-state index contributed by atoms with van der Waals surface area (Å²) in [6.45, 7) is 9.17. The first kappa shape index (κ1) is 14.8. The molecule has 0 aliphatic carbocycles. The van der Waals surface area contributed by atoms with E-state index in [0.717, 1.165) is 52.3 Å². The van der Waals surface area contributed by atoms with Gasteiger partial charge in [0, 0.05) is 37.8 Å². The first-order valence-corrected chi connectivity index (χ1v) is 8.19. The van der Waals surface area contributed by atoms with Crippen LogP contribution in [-0.2, 0) is 4.74 Å². The van der Waals surface area contributed by atoms with Crippen molar-refractivity contribution in [1.82, 2.24) is 4.90 Å². The Morgan fingerprint density at radius 1 is 1.29 bits per heavy atom. The highest BCUT2D eigenvalue weighted by Crippen LogP contribution is 2.37. The van der Waals surface area contributed by atoms with Gasteiger partial charge in [0.25, 0.3) is 0 Å². The summed E-state index contributed by atoms with van der Waals surface area (Å²) in [7, 11) is 0. The number of morpholine rings is 1. The Kier molecular flexibility index (Phi) is 4.78. The van der Waals surface area contributed by atoms with Gasteiger partial charge in [-0.3, -0.25) is 4.90 Å². The summed E-state index contributed by atoms with van der Waals surface area (Å²) in [6, 6.07) is 8.78. The predicted octanol–water partition coefficient (Wildman–Crippen LogP) is 1.66. The van der Waals surface area contributed by atoms with Crippen molar-refractivity contribution < 1.29 is 4.74 Å². The Labute approximate surface area is 127 Å². The van der Waals surface area contributed by atoms with Crippen LogP contribution in [0.2, 0.25) is 0 Å². The second kappa shape index (κ2) is 6.77. The van der Waals surface area contributed by atoms with E-state index >= 15 is 0 Å². The van der Waals surface area contributed by atoms with Gasteiger partial charge in [-0.15, -0.1) is 0 Å². The summed E-state index contributed by atoms with van der Waals surface area (Å²) in [5.74, 6) is 0.581. The van der Waals surface area contributed by atoms with Crippen molar-refractivity contribution in [2.75, 3.05) is 50.8 Å². The van der Waals surface area contributed by atoms with Gasteiger partial charge in [0.1, 0.15) is 0 Å². The minimum absolute atomic E-state index is 0.323.